The number of hydrogen-bond acceptors (Lipinski definition) is 3. The number of benzene rings is 1. The van der Waals surface area contributed by atoms with Crippen LogP contribution in [0, 0.1) is 0 Å². The van der Waals surface area contributed by atoms with Crippen LogP contribution < -0.4 is 15.4 Å². The first-order valence-electron chi connectivity index (χ1n) is 5.87. The SMILES string of the molecule is CCC(=O)NCCNC(=O)c1ccccc1OC. The molecule has 0 saturated carbocycles. The maximum Gasteiger partial charge on any atom is 0.255 e. The van der Waals surface area contributed by atoms with Crippen LogP contribution in [-0.2, 0) is 4.79 Å². The highest BCUT2D eigenvalue weighted by molar-refractivity contribution is 5.96. The van der Waals surface area contributed by atoms with Gasteiger partial charge in [0.15, 0.2) is 0 Å². The lowest BCUT2D eigenvalue weighted by Crippen LogP contribution is -2.34. The lowest BCUT2D eigenvalue weighted by molar-refractivity contribution is -0.120. The van der Waals surface area contributed by atoms with Crippen LogP contribution in [0.2, 0.25) is 0 Å². The number of para-hydroxylation sites is 1. The highest BCUT2D eigenvalue weighted by Gasteiger charge is 2.10. The third-order valence-corrected chi connectivity index (χ3v) is 2.41. The van der Waals surface area contributed by atoms with Crippen LogP contribution in [0.4, 0.5) is 0 Å². The van der Waals surface area contributed by atoms with Crippen molar-refractivity contribution in [1.82, 2.24) is 10.6 Å². The van der Waals surface area contributed by atoms with Gasteiger partial charge in [0.1, 0.15) is 5.75 Å². The molecule has 0 aliphatic heterocycles. The minimum Gasteiger partial charge on any atom is -0.496 e. The number of ether oxygens (including phenoxy) is 1. The van der Waals surface area contributed by atoms with E-state index in [1.807, 2.05) is 0 Å². The van der Waals surface area contributed by atoms with Gasteiger partial charge in [0.2, 0.25) is 5.91 Å². The minimum atomic E-state index is -0.210. The highest BCUT2D eigenvalue weighted by atomic mass is 16.5. The largest absolute Gasteiger partial charge is 0.496 e. The van der Waals surface area contributed by atoms with Crippen LogP contribution in [0.15, 0.2) is 24.3 Å². The smallest absolute Gasteiger partial charge is 0.255 e. The first kappa shape index (κ1) is 14.0. The van der Waals surface area contributed by atoms with Gasteiger partial charge in [-0.1, -0.05) is 19.1 Å². The Bertz CT molecular complexity index is 418. The zero-order valence-corrected chi connectivity index (χ0v) is 10.7. The second-order valence-electron chi connectivity index (χ2n) is 3.66. The number of amides is 2. The van der Waals surface area contributed by atoms with Gasteiger partial charge < -0.3 is 15.4 Å². The topological polar surface area (TPSA) is 67.4 Å². The summed E-state index contributed by atoms with van der Waals surface area (Å²) in [6.07, 6.45) is 0.445. The monoisotopic (exact) mass is 250 g/mol. The molecule has 1 aromatic carbocycles. The van der Waals surface area contributed by atoms with Gasteiger partial charge >= 0.3 is 0 Å². The van der Waals surface area contributed by atoms with Crippen molar-refractivity contribution in [3.05, 3.63) is 29.8 Å². The standard InChI is InChI=1S/C13H18N2O3/c1-3-12(16)14-8-9-15-13(17)10-6-4-5-7-11(10)18-2/h4-7H,3,8-9H2,1-2H3,(H,14,16)(H,15,17). The normalized spacial score (nSPS) is 9.67. The average molecular weight is 250 g/mol. The Morgan fingerprint density at radius 3 is 2.50 bits per heavy atom. The van der Waals surface area contributed by atoms with E-state index in [0.29, 0.717) is 30.8 Å². The lowest BCUT2D eigenvalue weighted by atomic mass is 10.2. The summed E-state index contributed by atoms with van der Waals surface area (Å²) in [6, 6.07) is 7.00. The van der Waals surface area contributed by atoms with Crippen LogP contribution in [0.3, 0.4) is 0 Å². The predicted octanol–water partition coefficient (Wildman–Crippen LogP) is 0.951. The third-order valence-electron chi connectivity index (χ3n) is 2.41. The molecule has 0 heterocycles. The van der Waals surface area contributed by atoms with Crippen LogP contribution in [0.25, 0.3) is 0 Å². The molecular weight excluding hydrogens is 232 g/mol. The predicted molar refractivity (Wildman–Crippen MR) is 68.6 cm³/mol. The van der Waals surface area contributed by atoms with E-state index in [4.69, 9.17) is 4.74 Å². The van der Waals surface area contributed by atoms with Crippen LogP contribution in [-0.4, -0.2) is 32.0 Å². The first-order chi connectivity index (χ1) is 8.69. The molecule has 98 valence electrons. The Labute approximate surface area is 107 Å². The molecule has 0 unspecified atom stereocenters. The molecule has 5 heteroatoms. The summed E-state index contributed by atoms with van der Waals surface area (Å²) < 4.78 is 5.10. The van der Waals surface area contributed by atoms with Gasteiger partial charge in [0.05, 0.1) is 12.7 Å². The Kier molecular flexibility index (Phi) is 5.70. The van der Waals surface area contributed by atoms with E-state index in [-0.39, 0.29) is 11.8 Å². The van der Waals surface area contributed by atoms with Crippen molar-refractivity contribution >= 4 is 11.8 Å². The van der Waals surface area contributed by atoms with Crippen molar-refractivity contribution in [3.8, 4) is 5.75 Å². The van der Waals surface area contributed by atoms with Crippen LogP contribution in [0.5, 0.6) is 5.75 Å². The molecule has 0 aliphatic rings. The van der Waals surface area contributed by atoms with E-state index >= 15 is 0 Å². The Balaban J connectivity index is 2.43. The van der Waals surface area contributed by atoms with Crippen molar-refractivity contribution < 1.29 is 14.3 Å². The summed E-state index contributed by atoms with van der Waals surface area (Å²) >= 11 is 0. The van der Waals surface area contributed by atoms with E-state index in [9.17, 15) is 9.59 Å². The fourth-order valence-corrected chi connectivity index (χ4v) is 1.43. The van der Waals surface area contributed by atoms with Crippen LogP contribution in [0.1, 0.15) is 23.7 Å². The number of hydrogen-bond donors (Lipinski definition) is 2. The molecular formula is C13H18N2O3. The summed E-state index contributed by atoms with van der Waals surface area (Å²) in [5, 5.41) is 5.40. The van der Waals surface area contributed by atoms with Crippen molar-refractivity contribution in [3.63, 3.8) is 0 Å². The second kappa shape index (κ2) is 7.32. The molecule has 0 radical (unpaired) electrons. The molecule has 0 spiro atoms. The fourth-order valence-electron chi connectivity index (χ4n) is 1.43. The first-order valence-corrected chi connectivity index (χ1v) is 5.87. The summed E-state index contributed by atoms with van der Waals surface area (Å²) in [7, 11) is 1.52. The molecule has 1 aromatic rings. The van der Waals surface area contributed by atoms with Crippen LogP contribution >= 0.6 is 0 Å². The van der Waals surface area contributed by atoms with Crippen molar-refractivity contribution in [2.75, 3.05) is 20.2 Å². The average Bonchev–Trinajstić information content (AvgIpc) is 2.42. The molecule has 0 saturated heterocycles. The van der Waals surface area contributed by atoms with E-state index in [2.05, 4.69) is 10.6 Å². The Morgan fingerprint density at radius 2 is 1.83 bits per heavy atom. The quantitative estimate of drug-likeness (QED) is 0.739. The number of rotatable bonds is 6. The van der Waals surface area contributed by atoms with Gasteiger partial charge in [-0.15, -0.1) is 0 Å². The molecule has 2 amide bonds. The maximum atomic E-state index is 11.8. The summed E-state index contributed by atoms with van der Waals surface area (Å²) in [4.78, 5) is 22.8. The summed E-state index contributed by atoms with van der Waals surface area (Å²) in [5.74, 6) is 0.298. The van der Waals surface area contributed by atoms with Gasteiger partial charge in [0.25, 0.3) is 5.91 Å². The van der Waals surface area contributed by atoms with Gasteiger partial charge in [-0.2, -0.15) is 0 Å². The van der Waals surface area contributed by atoms with Crippen molar-refractivity contribution in [2.24, 2.45) is 0 Å². The number of carbonyl (C=O) groups is 2. The molecule has 0 aromatic heterocycles. The molecule has 1 rings (SSSR count). The van der Waals surface area contributed by atoms with E-state index < -0.39 is 0 Å². The third kappa shape index (κ3) is 4.08. The van der Waals surface area contributed by atoms with Crippen molar-refractivity contribution in [2.45, 2.75) is 13.3 Å². The molecule has 0 atom stereocenters. The molecule has 0 fully saturated rings. The van der Waals surface area contributed by atoms with Gasteiger partial charge in [0, 0.05) is 19.5 Å². The van der Waals surface area contributed by atoms with Gasteiger partial charge in [-0.25, -0.2) is 0 Å². The number of carbonyl (C=O) groups excluding carboxylic acids is 2. The Morgan fingerprint density at radius 1 is 1.17 bits per heavy atom. The molecule has 2 N–H and O–H groups in total. The minimum absolute atomic E-state index is 0.0264. The van der Waals surface area contributed by atoms with E-state index in [1.54, 1.807) is 31.2 Å². The maximum absolute atomic E-state index is 11.8. The lowest BCUT2D eigenvalue weighted by Gasteiger charge is -2.09. The summed E-state index contributed by atoms with van der Waals surface area (Å²) in [6.45, 7) is 2.60. The highest BCUT2D eigenvalue weighted by Crippen LogP contribution is 2.16. The zero-order chi connectivity index (χ0) is 13.4. The van der Waals surface area contributed by atoms with E-state index in [1.165, 1.54) is 7.11 Å². The zero-order valence-electron chi connectivity index (χ0n) is 10.7. The number of methoxy groups -OCH3 is 1. The van der Waals surface area contributed by atoms with Gasteiger partial charge in [-0.3, -0.25) is 9.59 Å². The second-order valence-corrected chi connectivity index (χ2v) is 3.66. The molecule has 5 nitrogen and oxygen atoms in total. The molecule has 18 heavy (non-hydrogen) atoms. The number of nitrogens with one attached hydrogen (secondary N) is 2. The molecule has 0 aliphatic carbocycles. The fraction of sp³-hybridized carbons (Fsp3) is 0.385. The summed E-state index contributed by atoms with van der Waals surface area (Å²) in [5.41, 5.74) is 0.488. The van der Waals surface area contributed by atoms with Crippen molar-refractivity contribution in [1.29, 1.82) is 0 Å². The Hall–Kier alpha value is -2.04. The van der Waals surface area contributed by atoms with Gasteiger partial charge in [-0.05, 0) is 12.1 Å². The molecule has 0 bridgehead atoms. The van der Waals surface area contributed by atoms with E-state index in [0.717, 1.165) is 0 Å².